The third kappa shape index (κ3) is 5.49. The first-order valence-corrected chi connectivity index (χ1v) is 13.3. The fourth-order valence-corrected chi connectivity index (χ4v) is 5.35. The van der Waals surface area contributed by atoms with E-state index in [1.54, 1.807) is 7.11 Å². The molecule has 2 aromatic heterocycles. The number of para-hydroxylation sites is 1. The van der Waals surface area contributed by atoms with Gasteiger partial charge in [-0.05, 0) is 84.3 Å². The highest BCUT2D eigenvalue weighted by atomic mass is 16.5. The number of benzene rings is 2. The molecule has 4 aromatic rings. The second-order valence-electron chi connectivity index (χ2n) is 10.1. The maximum Gasteiger partial charge on any atom is 0.252 e. The lowest BCUT2D eigenvalue weighted by molar-refractivity contribution is 0.0887. The van der Waals surface area contributed by atoms with Crippen LogP contribution in [-0.2, 0) is 24.4 Å². The summed E-state index contributed by atoms with van der Waals surface area (Å²) in [5.74, 6) is 1.59. The number of pyridine rings is 1. The number of aromatic nitrogens is 5. The Labute approximate surface area is 222 Å². The first-order valence-electron chi connectivity index (χ1n) is 13.3. The van der Waals surface area contributed by atoms with Crippen molar-refractivity contribution in [3.8, 4) is 5.75 Å². The zero-order valence-corrected chi connectivity index (χ0v) is 22.6. The first-order chi connectivity index (χ1) is 18.5. The number of hydrogen-bond acceptors (Lipinski definition) is 7. The Morgan fingerprint density at radius 2 is 1.95 bits per heavy atom. The molecular formula is C29H36N6O3. The van der Waals surface area contributed by atoms with E-state index in [-0.39, 0.29) is 17.7 Å². The third-order valence-corrected chi connectivity index (χ3v) is 7.56. The van der Waals surface area contributed by atoms with Crippen LogP contribution in [0, 0.1) is 13.8 Å². The van der Waals surface area contributed by atoms with E-state index in [1.165, 1.54) is 5.56 Å². The van der Waals surface area contributed by atoms with Gasteiger partial charge in [-0.25, -0.2) is 4.68 Å². The predicted octanol–water partition coefficient (Wildman–Crippen LogP) is 4.47. The quantitative estimate of drug-likeness (QED) is 0.332. The van der Waals surface area contributed by atoms with Crippen molar-refractivity contribution in [2.75, 3.05) is 13.7 Å². The van der Waals surface area contributed by atoms with Gasteiger partial charge in [0.15, 0.2) is 5.82 Å². The molecule has 0 amide bonds. The molecule has 2 aromatic carbocycles. The summed E-state index contributed by atoms with van der Waals surface area (Å²) in [5, 5.41) is 13.8. The summed E-state index contributed by atoms with van der Waals surface area (Å²) in [6.07, 6.45) is 2.95. The summed E-state index contributed by atoms with van der Waals surface area (Å²) >= 11 is 0. The number of H-pyrrole nitrogens is 1. The van der Waals surface area contributed by atoms with Crippen LogP contribution in [0.2, 0.25) is 0 Å². The van der Waals surface area contributed by atoms with E-state index in [4.69, 9.17) is 9.47 Å². The number of aromatic amines is 1. The van der Waals surface area contributed by atoms with Gasteiger partial charge >= 0.3 is 0 Å². The Kier molecular flexibility index (Phi) is 7.85. The van der Waals surface area contributed by atoms with Gasteiger partial charge < -0.3 is 14.5 Å². The zero-order valence-electron chi connectivity index (χ0n) is 22.6. The Morgan fingerprint density at radius 3 is 2.71 bits per heavy atom. The van der Waals surface area contributed by atoms with Gasteiger partial charge in [-0.1, -0.05) is 25.1 Å². The SMILES string of the molecule is CC[C@H](c1nnnn1C[C@H]1CCCO1)N(Cc1ccccc1OC)Cc1cc2cc(C)c(C)cc2[nH]c1=O. The van der Waals surface area contributed by atoms with Crippen molar-refractivity contribution in [1.29, 1.82) is 0 Å². The van der Waals surface area contributed by atoms with Crippen molar-refractivity contribution in [1.82, 2.24) is 30.1 Å². The number of methoxy groups -OCH3 is 1. The fourth-order valence-electron chi connectivity index (χ4n) is 5.35. The normalized spacial score (nSPS) is 16.4. The lowest BCUT2D eigenvalue weighted by Gasteiger charge is -2.31. The number of nitrogens with zero attached hydrogens (tertiary/aromatic N) is 5. The van der Waals surface area contributed by atoms with Crippen LogP contribution in [0.4, 0.5) is 0 Å². The van der Waals surface area contributed by atoms with Crippen LogP contribution < -0.4 is 10.3 Å². The van der Waals surface area contributed by atoms with Crippen molar-refractivity contribution in [2.24, 2.45) is 0 Å². The van der Waals surface area contributed by atoms with Crippen LogP contribution >= 0.6 is 0 Å². The van der Waals surface area contributed by atoms with Gasteiger partial charge in [-0.2, -0.15) is 0 Å². The monoisotopic (exact) mass is 516 g/mol. The van der Waals surface area contributed by atoms with E-state index < -0.39 is 0 Å². The molecule has 3 heterocycles. The predicted molar refractivity (Wildman–Crippen MR) is 146 cm³/mol. The standard InChI is InChI=1S/C29H36N6O3/c1-5-26(28-31-32-33-35(28)18-24-10-8-12-38-24)34(16-21-9-6-7-11-27(21)37-4)17-23-15-22-13-19(2)20(3)14-25(22)30-29(23)36/h6-7,9,11,13-15,24,26H,5,8,10,12,16-18H2,1-4H3,(H,30,36)/t24-,26-/m1/s1. The summed E-state index contributed by atoms with van der Waals surface area (Å²) in [7, 11) is 1.68. The van der Waals surface area contributed by atoms with Gasteiger partial charge in [0.05, 0.1) is 25.8 Å². The minimum absolute atomic E-state index is 0.0837. The van der Waals surface area contributed by atoms with Crippen molar-refractivity contribution in [2.45, 2.75) is 71.8 Å². The van der Waals surface area contributed by atoms with E-state index in [2.05, 4.69) is 58.3 Å². The van der Waals surface area contributed by atoms with Crippen molar-refractivity contribution < 1.29 is 9.47 Å². The Morgan fingerprint density at radius 1 is 1.16 bits per heavy atom. The molecule has 0 radical (unpaired) electrons. The first kappa shape index (κ1) is 26.1. The molecular weight excluding hydrogens is 480 g/mol. The molecule has 9 nitrogen and oxygen atoms in total. The number of nitrogens with one attached hydrogen (secondary N) is 1. The molecule has 0 aliphatic carbocycles. The van der Waals surface area contributed by atoms with Crippen LogP contribution in [-0.4, -0.2) is 49.9 Å². The topological polar surface area (TPSA) is 98.2 Å². The molecule has 2 atom stereocenters. The molecule has 1 fully saturated rings. The maximum atomic E-state index is 13.3. The Bertz CT molecular complexity index is 1460. The molecule has 1 aliphatic rings. The fraction of sp³-hybridized carbons (Fsp3) is 0.448. The molecule has 200 valence electrons. The van der Waals surface area contributed by atoms with Gasteiger partial charge in [-0.15, -0.1) is 5.10 Å². The highest BCUT2D eigenvalue weighted by Crippen LogP contribution is 2.30. The summed E-state index contributed by atoms with van der Waals surface area (Å²) in [5.41, 5.74) is 4.86. The lowest BCUT2D eigenvalue weighted by Crippen LogP contribution is -2.33. The summed E-state index contributed by atoms with van der Waals surface area (Å²) < 4.78 is 13.4. The van der Waals surface area contributed by atoms with Crippen LogP contribution in [0.15, 0.2) is 47.3 Å². The molecule has 1 saturated heterocycles. The van der Waals surface area contributed by atoms with E-state index in [0.717, 1.165) is 59.5 Å². The van der Waals surface area contributed by atoms with Gasteiger partial charge in [0.25, 0.3) is 5.56 Å². The van der Waals surface area contributed by atoms with Gasteiger partial charge in [0.1, 0.15) is 5.75 Å². The maximum absolute atomic E-state index is 13.3. The minimum Gasteiger partial charge on any atom is -0.496 e. The average Bonchev–Trinajstić information content (AvgIpc) is 3.59. The minimum atomic E-state index is -0.119. The highest BCUT2D eigenvalue weighted by Gasteiger charge is 2.28. The van der Waals surface area contributed by atoms with Crippen LogP contribution in [0.5, 0.6) is 5.75 Å². The number of aryl methyl sites for hydroxylation is 2. The second-order valence-corrected chi connectivity index (χ2v) is 10.1. The number of fused-ring (bicyclic) bond motifs is 1. The number of ether oxygens (including phenoxy) is 2. The molecule has 5 rings (SSSR count). The van der Waals surface area contributed by atoms with Crippen molar-refractivity contribution >= 4 is 10.9 Å². The van der Waals surface area contributed by atoms with Crippen LogP contribution in [0.3, 0.4) is 0 Å². The van der Waals surface area contributed by atoms with Crippen LogP contribution in [0.25, 0.3) is 10.9 Å². The van der Waals surface area contributed by atoms with Crippen molar-refractivity contribution in [3.05, 3.63) is 80.9 Å². The van der Waals surface area contributed by atoms with E-state index in [0.29, 0.717) is 25.2 Å². The lowest BCUT2D eigenvalue weighted by atomic mass is 10.0. The number of hydrogen-bond donors (Lipinski definition) is 1. The van der Waals surface area contributed by atoms with Gasteiger partial charge in [-0.3, -0.25) is 9.69 Å². The molecule has 0 unspecified atom stereocenters. The molecule has 1 aliphatic heterocycles. The molecule has 0 saturated carbocycles. The summed E-state index contributed by atoms with van der Waals surface area (Å²) in [6, 6.07) is 14.1. The summed E-state index contributed by atoms with van der Waals surface area (Å²) in [4.78, 5) is 18.6. The zero-order chi connectivity index (χ0) is 26.6. The van der Waals surface area contributed by atoms with Crippen LogP contribution in [0.1, 0.15) is 60.3 Å². The number of rotatable bonds is 10. The number of tetrazole rings is 1. The Balaban J connectivity index is 1.53. The molecule has 1 N–H and O–H groups in total. The second kappa shape index (κ2) is 11.4. The van der Waals surface area contributed by atoms with E-state index >= 15 is 0 Å². The third-order valence-electron chi connectivity index (χ3n) is 7.56. The molecule has 0 bridgehead atoms. The largest absolute Gasteiger partial charge is 0.496 e. The molecule has 38 heavy (non-hydrogen) atoms. The van der Waals surface area contributed by atoms with Gasteiger partial charge in [0, 0.05) is 36.3 Å². The Hall–Kier alpha value is -3.56. The molecule has 9 heteroatoms. The molecule has 0 spiro atoms. The van der Waals surface area contributed by atoms with E-state index in [9.17, 15) is 4.79 Å². The van der Waals surface area contributed by atoms with E-state index in [1.807, 2.05) is 35.0 Å². The van der Waals surface area contributed by atoms with Crippen molar-refractivity contribution in [3.63, 3.8) is 0 Å². The van der Waals surface area contributed by atoms with Gasteiger partial charge in [0.2, 0.25) is 0 Å². The average molecular weight is 517 g/mol. The highest BCUT2D eigenvalue weighted by molar-refractivity contribution is 5.80. The summed E-state index contributed by atoms with van der Waals surface area (Å²) in [6.45, 7) is 8.68. The smallest absolute Gasteiger partial charge is 0.252 e.